The van der Waals surface area contributed by atoms with Crippen LogP contribution in [0.2, 0.25) is 0 Å². The molecule has 15 heavy (non-hydrogen) atoms. The fourth-order valence-electron chi connectivity index (χ4n) is 1.43. The van der Waals surface area contributed by atoms with E-state index < -0.39 is 0 Å². The number of hydrogen-bond donors (Lipinski definition) is 1. The normalized spacial score (nSPS) is 9.60. The SMILES string of the molecule is [B](CNc1ccccc1)c1ccccc1. The maximum atomic E-state index is 3.34. The second kappa shape index (κ2) is 5.25. The van der Waals surface area contributed by atoms with Gasteiger partial charge in [0.15, 0.2) is 7.28 Å². The second-order valence-electron chi connectivity index (χ2n) is 3.36. The molecule has 0 saturated heterocycles. The predicted octanol–water partition coefficient (Wildman–Crippen LogP) is 2.09. The molecule has 0 aliphatic heterocycles. The Balaban J connectivity index is 1.81. The van der Waals surface area contributed by atoms with Gasteiger partial charge in [-0.15, -0.1) is 0 Å². The minimum absolute atomic E-state index is 0.855. The first-order valence-corrected chi connectivity index (χ1v) is 5.12. The Morgan fingerprint density at radius 2 is 1.40 bits per heavy atom. The highest BCUT2D eigenvalue weighted by Gasteiger charge is 1.94. The Labute approximate surface area is 91.4 Å². The van der Waals surface area contributed by atoms with Gasteiger partial charge in [0.2, 0.25) is 0 Å². The molecule has 1 N–H and O–H groups in total. The van der Waals surface area contributed by atoms with E-state index in [0.29, 0.717) is 0 Å². The summed E-state index contributed by atoms with van der Waals surface area (Å²) in [5.41, 5.74) is 2.41. The van der Waals surface area contributed by atoms with Crippen LogP contribution in [0.1, 0.15) is 0 Å². The van der Waals surface area contributed by atoms with Gasteiger partial charge in [-0.25, -0.2) is 0 Å². The number of benzene rings is 2. The molecular formula is C13H13BN. The Hall–Kier alpha value is -1.70. The molecule has 0 amide bonds. The molecule has 2 heteroatoms. The largest absolute Gasteiger partial charge is 0.393 e. The summed E-state index contributed by atoms with van der Waals surface area (Å²) in [4.78, 5) is 0. The Morgan fingerprint density at radius 3 is 2.07 bits per heavy atom. The fourth-order valence-corrected chi connectivity index (χ4v) is 1.43. The van der Waals surface area contributed by atoms with Crippen LogP contribution >= 0.6 is 0 Å². The van der Waals surface area contributed by atoms with E-state index in [1.807, 2.05) is 36.4 Å². The van der Waals surface area contributed by atoms with Crippen LogP contribution in [0.3, 0.4) is 0 Å². The molecule has 2 rings (SSSR count). The lowest BCUT2D eigenvalue weighted by atomic mass is 9.70. The third-order valence-electron chi connectivity index (χ3n) is 2.22. The lowest BCUT2D eigenvalue weighted by molar-refractivity contribution is 1.44. The van der Waals surface area contributed by atoms with Crippen molar-refractivity contribution in [1.82, 2.24) is 0 Å². The van der Waals surface area contributed by atoms with Crippen molar-refractivity contribution < 1.29 is 0 Å². The summed E-state index contributed by atoms with van der Waals surface area (Å²) in [6, 6.07) is 20.6. The number of rotatable bonds is 4. The van der Waals surface area contributed by atoms with Crippen molar-refractivity contribution >= 4 is 18.4 Å². The molecule has 0 heterocycles. The highest BCUT2D eigenvalue weighted by atomic mass is 14.8. The third-order valence-corrected chi connectivity index (χ3v) is 2.22. The molecule has 0 fully saturated rings. The standard InChI is InChI=1S/C13H13BN/c1-3-7-12(8-4-1)14-11-15-13-9-5-2-6-10-13/h1-10,15H,11H2. The molecule has 2 aromatic carbocycles. The minimum Gasteiger partial charge on any atom is -0.393 e. The van der Waals surface area contributed by atoms with E-state index in [1.165, 1.54) is 5.46 Å². The molecule has 2 aromatic rings. The van der Waals surface area contributed by atoms with Crippen molar-refractivity contribution in [2.75, 3.05) is 11.8 Å². The van der Waals surface area contributed by atoms with E-state index in [9.17, 15) is 0 Å². The van der Waals surface area contributed by atoms with Gasteiger partial charge in [-0.3, -0.25) is 0 Å². The van der Waals surface area contributed by atoms with Crippen molar-refractivity contribution in [3.8, 4) is 0 Å². The molecule has 73 valence electrons. The molecular weight excluding hydrogens is 181 g/mol. The summed E-state index contributed by atoms with van der Waals surface area (Å²) in [7, 11) is 2.17. The van der Waals surface area contributed by atoms with E-state index in [2.05, 4.69) is 36.9 Å². The van der Waals surface area contributed by atoms with Crippen LogP contribution in [-0.2, 0) is 0 Å². The van der Waals surface area contributed by atoms with E-state index in [4.69, 9.17) is 0 Å². The monoisotopic (exact) mass is 194 g/mol. The Bertz CT molecular complexity index is 346. The van der Waals surface area contributed by atoms with Gasteiger partial charge >= 0.3 is 0 Å². The third kappa shape index (κ3) is 3.17. The maximum absolute atomic E-state index is 3.34. The molecule has 0 aliphatic carbocycles. The Kier molecular flexibility index (Phi) is 3.45. The van der Waals surface area contributed by atoms with E-state index in [1.54, 1.807) is 0 Å². The van der Waals surface area contributed by atoms with Gasteiger partial charge in [-0.1, -0.05) is 54.0 Å². The lowest BCUT2D eigenvalue weighted by Gasteiger charge is -2.04. The topological polar surface area (TPSA) is 12.0 Å². The zero-order valence-corrected chi connectivity index (χ0v) is 8.56. The number of hydrogen-bond acceptors (Lipinski definition) is 1. The smallest absolute Gasteiger partial charge is 0.176 e. The Morgan fingerprint density at radius 1 is 0.800 bits per heavy atom. The highest BCUT2D eigenvalue weighted by Crippen LogP contribution is 2.03. The number of nitrogens with one attached hydrogen (secondary N) is 1. The van der Waals surface area contributed by atoms with E-state index in [0.717, 1.165) is 12.1 Å². The summed E-state index contributed by atoms with van der Waals surface area (Å²) < 4.78 is 0. The minimum atomic E-state index is 0.855. The van der Waals surface area contributed by atoms with Crippen LogP contribution in [0, 0.1) is 0 Å². The first kappa shape index (κ1) is 9.84. The molecule has 0 saturated carbocycles. The maximum Gasteiger partial charge on any atom is 0.176 e. The van der Waals surface area contributed by atoms with Crippen molar-refractivity contribution in [1.29, 1.82) is 0 Å². The lowest BCUT2D eigenvalue weighted by Crippen LogP contribution is -2.22. The molecule has 0 bridgehead atoms. The summed E-state index contributed by atoms with van der Waals surface area (Å²) >= 11 is 0. The first-order valence-electron chi connectivity index (χ1n) is 5.12. The zero-order chi connectivity index (χ0) is 10.3. The van der Waals surface area contributed by atoms with Gasteiger partial charge in [-0.2, -0.15) is 0 Å². The van der Waals surface area contributed by atoms with E-state index in [-0.39, 0.29) is 0 Å². The summed E-state index contributed by atoms with van der Waals surface area (Å²) in [5, 5.41) is 3.34. The molecule has 1 radical (unpaired) electrons. The molecule has 1 nitrogen and oxygen atoms in total. The molecule has 0 aromatic heterocycles. The van der Waals surface area contributed by atoms with Gasteiger partial charge in [0.1, 0.15) is 0 Å². The van der Waals surface area contributed by atoms with Crippen molar-refractivity contribution in [3.63, 3.8) is 0 Å². The molecule has 0 atom stereocenters. The van der Waals surface area contributed by atoms with Gasteiger partial charge in [-0.05, 0) is 18.6 Å². The van der Waals surface area contributed by atoms with Crippen LogP contribution in [0.15, 0.2) is 60.7 Å². The van der Waals surface area contributed by atoms with Crippen molar-refractivity contribution in [3.05, 3.63) is 60.7 Å². The molecule has 0 spiro atoms. The van der Waals surface area contributed by atoms with Crippen LogP contribution in [-0.4, -0.2) is 13.7 Å². The van der Waals surface area contributed by atoms with Gasteiger partial charge in [0, 0.05) is 5.69 Å². The van der Waals surface area contributed by atoms with Gasteiger partial charge < -0.3 is 5.32 Å². The number of anilines is 1. The van der Waals surface area contributed by atoms with Crippen LogP contribution < -0.4 is 10.8 Å². The van der Waals surface area contributed by atoms with Crippen LogP contribution in [0.5, 0.6) is 0 Å². The van der Waals surface area contributed by atoms with Crippen molar-refractivity contribution in [2.45, 2.75) is 0 Å². The van der Waals surface area contributed by atoms with Gasteiger partial charge in [0.25, 0.3) is 0 Å². The van der Waals surface area contributed by atoms with Crippen molar-refractivity contribution in [2.24, 2.45) is 0 Å². The van der Waals surface area contributed by atoms with Crippen LogP contribution in [0.4, 0.5) is 5.69 Å². The quantitative estimate of drug-likeness (QED) is 0.734. The summed E-state index contributed by atoms with van der Waals surface area (Å²) in [5.74, 6) is 0. The summed E-state index contributed by atoms with van der Waals surface area (Å²) in [6.45, 7) is 0. The zero-order valence-electron chi connectivity index (χ0n) is 8.56. The highest BCUT2D eigenvalue weighted by molar-refractivity contribution is 6.54. The fraction of sp³-hybridized carbons (Fsp3) is 0.0769. The van der Waals surface area contributed by atoms with E-state index >= 15 is 0 Å². The van der Waals surface area contributed by atoms with Gasteiger partial charge in [0.05, 0.1) is 0 Å². The first-order chi connectivity index (χ1) is 7.45. The summed E-state index contributed by atoms with van der Waals surface area (Å²) in [6.07, 6.45) is 0.855. The average molecular weight is 194 g/mol. The predicted molar refractivity (Wildman–Crippen MR) is 66.8 cm³/mol. The second-order valence-corrected chi connectivity index (χ2v) is 3.36. The number of para-hydroxylation sites is 1. The molecule has 0 aliphatic rings. The molecule has 0 unspecified atom stereocenters. The average Bonchev–Trinajstić information content (AvgIpc) is 2.32. The van der Waals surface area contributed by atoms with Crippen LogP contribution in [0.25, 0.3) is 0 Å².